The highest BCUT2D eigenvalue weighted by Crippen LogP contribution is 2.15. The van der Waals surface area contributed by atoms with E-state index in [2.05, 4.69) is 0 Å². The first-order valence-corrected chi connectivity index (χ1v) is 7.17. The highest BCUT2D eigenvalue weighted by molar-refractivity contribution is 6.30. The van der Waals surface area contributed by atoms with Crippen molar-refractivity contribution in [1.29, 1.82) is 0 Å². The molecule has 4 nitrogen and oxygen atoms in total. The SMILES string of the molecule is CN(CCOc1ccc(Cl)cc1)C(=O)CCc1ccco1. The van der Waals surface area contributed by atoms with Gasteiger partial charge in [-0.15, -0.1) is 0 Å². The minimum absolute atomic E-state index is 0.0751. The molecule has 0 aliphatic heterocycles. The number of furan rings is 1. The molecular weight excluding hydrogens is 290 g/mol. The Morgan fingerprint density at radius 1 is 1.29 bits per heavy atom. The molecule has 112 valence electrons. The Balaban J connectivity index is 1.67. The van der Waals surface area contributed by atoms with Crippen LogP contribution >= 0.6 is 11.6 Å². The van der Waals surface area contributed by atoms with E-state index >= 15 is 0 Å². The van der Waals surface area contributed by atoms with Crippen molar-refractivity contribution in [3.05, 3.63) is 53.4 Å². The normalized spacial score (nSPS) is 10.4. The van der Waals surface area contributed by atoms with Crippen LogP contribution in [0.15, 0.2) is 47.1 Å². The minimum atomic E-state index is 0.0751. The molecule has 2 rings (SSSR count). The molecule has 0 spiro atoms. The summed E-state index contributed by atoms with van der Waals surface area (Å²) in [6.45, 7) is 0.990. The quantitative estimate of drug-likeness (QED) is 0.787. The number of benzene rings is 1. The molecule has 0 aliphatic carbocycles. The van der Waals surface area contributed by atoms with Crippen molar-refractivity contribution in [2.24, 2.45) is 0 Å². The molecule has 0 saturated carbocycles. The third kappa shape index (κ3) is 5.16. The van der Waals surface area contributed by atoms with Gasteiger partial charge in [-0.3, -0.25) is 4.79 Å². The number of halogens is 1. The zero-order valence-corrected chi connectivity index (χ0v) is 12.7. The Morgan fingerprint density at radius 2 is 2.05 bits per heavy atom. The molecule has 0 bridgehead atoms. The van der Waals surface area contributed by atoms with Gasteiger partial charge in [-0.05, 0) is 36.4 Å². The molecule has 0 radical (unpaired) electrons. The van der Waals surface area contributed by atoms with Crippen molar-refractivity contribution in [1.82, 2.24) is 4.90 Å². The van der Waals surface area contributed by atoms with Crippen LogP contribution in [0.1, 0.15) is 12.2 Å². The fourth-order valence-electron chi connectivity index (χ4n) is 1.83. The summed E-state index contributed by atoms with van der Waals surface area (Å²) in [6, 6.07) is 10.9. The molecule has 0 fully saturated rings. The molecular formula is C16H18ClNO3. The summed E-state index contributed by atoms with van der Waals surface area (Å²) in [5, 5.41) is 0.674. The zero-order chi connectivity index (χ0) is 15.1. The van der Waals surface area contributed by atoms with E-state index in [1.807, 2.05) is 12.1 Å². The number of rotatable bonds is 7. The van der Waals surface area contributed by atoms with Crippen LogP contribution < -0.4 is 4.74 Å². The van der Waals surface area contributed by atoms with Crippen molar-refractivity contribution < 1.29 is 13.9 Å². The van der Waals surface area contributed by atoms with Crippen LogP contribution in [0.5, 0.6) is 5.75 Å². The monoisotopic (exact) mass is 307 g/mol. The van der Waals surface area contributed by atoms with Crippen LogP contribution in [0.4, 0.5) is 0 Å². The molecule has 1 amide bonds. The molecule has 0 saturated heterocycles. The Morgan fingerprint density at radius 3 is 2.71 bits per heavy atom. The van der Waals surface area contributed by atoms with Crippen LogP contribution in [0, 0.1) is 0 Å². The standard InChI is InChI=1S/C16H18ClNO3/c1-18(16(19)9-8-14-3-2-11-20-14)10-12-21-15-6-4-13(17)5-7-15/h2-7,11H,8-10,12H2,1H3. The van der Waals surface area contributed by atoms with Gasteiger partial charge < -0.3 is 14.1 Å². The van der Waals surface area contributed by atoms with E-state index in [4.69, 9.17) is 20.8 Å². The third-order valence-electron chi connectivity index (χ3n) is 3.10. The Labute approximate surface area is 129 Å². The summed E-state index contributed by atoms with van der Waals surface area (Å²) in [6.07, 6.45) is 2.67. The van der Waals surface area contributed by atoms with Crippen LogP contribution in [0.2, 0.25) is 5.02 Å². The molecule has 21 heavy (non-hydrogen) atoms. The summed E-state index contributed by atoms with van der Waals surface area (Å²) >= 11 is 5.80. The van der Waals surface area contributed by atoms with E-state index in [0.717, 1.165) is 11.5 Å². The van der Waals surface area contributed by atoms with Crippen molar-refractivity contribution in [3.63, 3.8) is 0 Å². The Bertz CT molecular complexity index is 551. The number of hydrogen-bond acceptors (Lipinski definition) is 3. The first-order chi connectivity index (χ1) is 10.1. The number of carbonyl (C=O) groups is 1. The van der Waals surface area contributed by atoms with E-state index in [9.17, 15) is 4.79 Å². The molecule has 2 aromatic rings. The van der Waals surface area contributed by atoms with Gasteiger partial charge in [-0.25, -0.2) is 0 Å². The first-order valence-electron chi connectivity index (χ1n) is 6.80. The molecule has 0 N–H and O–H groups in total. The van der Waals surface area contributed by atoms with Gasteiger partial charge in [0.05, 0.1) is 12.8 Å². The number of likely N-dealkylation sites (N-methyl/N-ethyl adjacent to an activating group) is 1. The number of nitrogens with zero attached hydrogens (tertiary/aromatic N) is 1. The van der Waals surface area contributed by atoms with E-state index < -0.39 is 0 Å². The lowest BCUT2D eigenvalue weighted by Gasteiger charge is -2.17. The van der Waals surface area contributed by atoms with Gasteiger partial charge in [0, 0.05) is 24.9 Å². The van der Waals surface area contributed by atoms with Crippen LogP contribution in [0.3, 0.4) is 0 Å². The molecule has 1 aromatic heterocycles. The number of carbonyl (C=O) groups excluding carboxylic acids is 1. The maximum absolute atomic E-state index is 11.9. The Kier molecular flexibility index (Phi) is 5.69. The lowest BCUT2D eigenvalue weighted by molar-refractivity contribution is -0.130. The number of hydrogen-bond donors (Lipinski definition) is 0. The molecule has 1 heterocycles. The van der Waals surface area contributed by atoms with Crippen molar-refractivity contribution in [2.75, 3.05) is 20.2 Å². The highest BCUT2D eigenvalue weighted by atomic mass is 35.5. The smallest absolute Gasteiger partial charge is 0.222 e. The van der Waals surface area contributed by atoms with Gasteiger partial charge in [0.15, 0.2) is 0 Å². The van der Waals surface area contributed by atoms with Gasteiger partial charge >= 0.3 is 0 Å². The topological polar surface area (TPSA) is 42.7 Å². The maximum atomic E-state index is 11.9. The average Bonchev–Trinajstić information content (AvgIpc) is 3.00. The second kappa shape index (κ2) is 7.74. The second-order valence-corrected chi connectivity index (χ2v) is 5.13. The third-order valence-corrected chi connectivity index (χ3v) is 3.35. The van der Waals surface area contributed by atoms with E-state index in [1.165, 1.54) is 0 Å². The zero-order valence-electron chi connectivity index (χ0n) is 11.9. The van der Waals surface area contributed by atoms with Crippen molar-refractivity contribution >= 4 is 17.5 Å². The van der Waals surface area contributed by atoms with Gasteiger partial charge in [-0.2, -0.15) is 0 Å². The fraction of sp³-hybridized carbons (Fsp3) is 0.312. The number of amides is 1. The molecule has 0 unspecified atom stereocenters. The van der Waals surface area contributed by atoms with Crippen LogP contribution in [-0.2, 0) is 11.2 Å². The summed E-state index contributed by atoms with van der Waals surface area (Å²) < 4.78 is 10.8. The molecule has 0 aliphatic rings. The van der Waals surface area contributed by atoms with Crippen LogP contribution in [0.25, 0.3) is 0 Å². The predicted octanol–water partition coefficient (Wildman–Crippen LogP) is 3.40. The summed E-state index contributed by atoms with van der Waals surface area (Å²) in [5.74, 6) is 1.65. The predicted molar refractivity (Wildman–Crippen MR) is 81.6 cm³/mol. The molecule has 0 atom stereocenters. The van der Waals surface area contributed by atoms with Gasteiger partial charge in [-0.1, -0.05) is 11.6 Å². The summed E-state index contributed by atoms with van der Waals surface area (Å²) in [4.78, 5) is 13.6. The van der Waals surface area contributed by atoms with Gasteiger partial charge in [0.25, 0.3) is 0 Å². The summed E-state index contributed by atoms with van der Waals surface area (Å²) in [7, 11) is 1.77. The maximum Gasteiger partial charge on any atom is 0.222 e. The summed E-state index contributed by atoms with van der Waals surface area (Å²) in [5.41, 5.74) is 0. The highest BCUT2D eigenvalue weighted by Gasteiger charge is 2.09. The molecule has 1 aromatic carbocycles. The van der Waals surface area contributed by atoms with Gasteiger partial charge in [0.1, 0.15) is 18.1 Å². The minimum Gasteiger partial charge on any atom is -0.492 e. The average molecular weight is 308 g/mol. The first kappa shape index (κ1) is 15.4. The largest absolute Gasteiger partial charge is 0.492 e. The fourth-order valence-corrected chi connectivity index (χ4v) is 1.96. The van der Waals surface area contributed by atoms with Crippen molar-refractivity contribution in [3.8, 4) is 5.75 Å². The van der Waals surface area contributed by atoms with E-state index in [-0.39, 0.29) is 5.91 Å². The van der Waals surface area contributed by atoms with Crippen LogP contribution in [-0.4, -0.2) is 31.0 Å². The van der Waals surface area contributed by atoms with Gasteiger partial charge in [0.2, 0.25) is 5.91 Å². The van der Waals surface area contributed by atoms with E-state index in [0.29, 0.717) is 31.0 Å². The lowest BCUT2D eigenvalue weighted by Crippen LogP contribution is -2.31. The number of aryl methyl sites for hydroxylation is 1. The van der Waals surface area contributed by atoms with E-state index in [1.54, 1.807) is 42.5 Å². The molecule has 5 heteroatoms. The number of ether oxygens (including phenoxy) is 1. The lowest BCUT2D eigenvalue weighted by atomic mass is 10.2. The Hall–Kier alpha value is -1.94. The second-order valence-electron chi connectivity index (χ2n) is 4.70. The van der Waals surface area contributed by atoms with Crippen molar-refractivity contribution in [2.45, 2.75) is 12.8 Å².